The summed E-state index contributed by atoms with van der Waals surface area (Å²) >= 11 is 1.74. The summed E-state index contributed by atoms with van der Waals surface area (Å²) < 4.78 is 6.04. The van der Waals surface area contributed by atoms with Crippen molar-refractivity contribution in [3.05, 3.63) is 188 Å². The molecule has 0 saturated heterocycles. The van der Waals surface area contributed by atoms with Crippen LogP contribution < -0.4 is 0 Å². The number of nitrogens with zero attached hydrogens (tertiary/aromatic N) is 3. The van der Waals surface area contributed by atoms with Gasteiger partial charge in [-0.15, -0.1) is 11.3 Å². The second kappa shape index (κ2) is 11.9. The van der Waals surface area contributed by atoms with Gasteiger partial charge in [0.2, 0.25) is 0 Å². The molecule has 11 rings (SSSR count). The normalized spacial score (nSPS) is 11.8. The van der Waals surface area contributed by atoms with Crippen LogP contribution in [-0.2, 0) is 0 Å². The van der Waals surface area contributed by atoms with E-state index in [-0.39, 0.29) is 0 Å². The zero-order valence-electron chi connectivity index (χ0n) is 28.6. The summed E-state index contributed by atoms with van der Waals surface area (Å²) in [7, 11) is 0. The fourth-order valence-corrected chi connectivity index (χ4v) is 8.99. The highest BCUT2D eigenvalue weighted by Crippen LogP contribution is 2.40. The first-order valence-corrected chi connectivity index (χ1v) is 18.8. The lowest BCUT2D eigenvalue weighted by Crippen LogP contribution is -1.96. The molecule has 0 unspecified atom stereocenters. The van der Waals surface area contributed by atoms with Crippen LogP contribution in [0.4, 0.5) is 0 Å². The molecule has 0 bridgehead atoms. The summed E-state index contributed by atoms with van der Waals surface area (Å²) in [5.41, 5.74) is 14.0. The Labute approximate surface area is 310 Å². The van der Waals surface area contributed by atoms with E-state index in [1.54, 1.807) is 11.3 Å². The van der Waals surface area contributed by atoms with Gasteiger partial charge < -0.3 is 9.13 Å². The van der Waals surface area contributed by atoms with Crippen LogP contribution in [0.5, 0.6) is 0 Å². The highest BCUT2D eigenvalue weighted by Gasteiger charge is 2.18. The molecule has 0 aliphatic carbocycles. The molecule has 8 aromatic carbocycles. The summed E-state index contributed by atoms with van der Waals surface area (Å²) in [4.78, 5) is 5.00. The number of para-hydroxylation sites is 2. The predicted molar refractivity (Wildman–Crippen MR) is 225 cm³/mol. The van der Waals surface area contributed by atoms with E-state index < -0.39 is 0 Å². The van der Waals surface area contributed by atoms with Crippen LogP contribution in [0.25, 0.3) is 98.0 Å². The minimum Gasteiger partial charge on any atom is -0.309 e. The maximum Gasteiger partial charge on any atom is 0.124 e. The van der Waals surface area contributed by atoms with E-state index in [0.29, 0.717) is 0 Å². The van der Waals surface area contributed by atoms with E-state index in [1.165, 1.54) is 70.6 Å². The van der Waals surface area contributed by atoms with Gasteiger partial charge in [-0.2, -0.15) is 0 Å². The van der Waals surface area contributed by atoms with Crippen LogP contribution in [0.3, 0.4) is 0 Å². The van der Waals surface area contributed by atoms with Gasteiger partial charge in [-0.05, 0) is 82.9 Å². The fraction of sp³-hybridized carbons (Fsp3) is 0. The van der Waals surface area contributed by atoms with Gasteiger partial charge in [0, 0.05) is 38.5 Å². The van der Waals surface area contributed by atoms with Gasteiger partial charge in [-0.1, -0.05) is 127 Å². The van der Waals surface area contributed by atoms with Crippen molar-refractivity contribution in [2.45, 2.75) is 0 Å². The van der Waals surface area contributed by atoms with Crippen molar-refractivity contribution in [1.29, 1.82) is 0 Å². The monoisotopic (exact) mass is 693 g/mol. The molecule has 4 heteroatoms. The van der Waals surface area contributed by atoms with Gasteiger partial charge in [0.25, 0.3) is 0 Å². The van der Waals surface area contributed by atoms with E-state index in [2.05, 4.69) is 191 Å². The molecule has 0 saturated carbocycles. The Balaban J connectivity index is 1.05. The van der Waals surface area contributed by atoms with Crippen molar-refractivity contribution >= 4 is 65.2 Å². The van der Waals surface area contributed by atoms with Crippen molar-refractivity contribution in [3.63, 3.8) is 0 Å². The van der Waals surface area contributed by atoms with Crippen LogP contribution in [0.15, 0.2) is 188 Å². The van der Waals surface area contributed by atoms with Crippen molar-refractivity contribution in [2.24, 2.45) is 0 Å². The Bertz CT molecular complexity index is 3130. The molecular weight excluding hydrogens is 663 g/mol. The molecule has 0 spiro atoms. The molecule has 3 aromatic heterocycles. The summed E-state index contributed by atoms with van der Waals surface area (Å²) in [6.07, 6.45) is 0. The van der Waals surface area contributed by atoms with E-state index in [1.807, 2.05) is 6.07 Å². The third-order valence-electron chi connectivity index (χ3n) is 10.6. The van der Waals surface area contributed by atoms with Gasteiger partial charge in [0.05, 0.1) is 32.3 Å². The van der Waals surface area contributed by atoms with Crippen LogP contribution in [0, 0.1) is 0 Å². The minimum atomic E-state index is 1.03. The third kappa shape index (κ3) is 4.84. The number of rotatable bonds is 5. The molecule has 0 aliphatic heterocycles. The fourth-order valence-electron chi connectivity index (χ4n) is 8.04. The molecule has 0 amide bonds. The number of thiazole rings is 1. The molecule has 0 atom stereocenters. The maximum atomic E-state index is 5.00. The van der Waals surface area contributed by atoms with Crippen molar-refractivity contribution in [2.75, 3.05) is 0 Å². The quantitative estimate of drug-likeness (QED) is 0.176. The number of aromatic nitrogens is 3. The molecule has 0 N–H and O–H groups in total. The van der Waals surface area contributed by atoms with E-state index >= 15 is 0 Å². The Kier molecular flexibility index (Phi) is 6.73. The Hall–Kier alpha value is -6.75. The molecular formula is C49H31N3S. The summed E-state index contributed by atoms with van der Waals surface area (Å²) in [6, 6.07) is 68.0. The average molecular weight is 694 g/mol. The largest absolute Gasteiger partial charge is 0.309 e. The zero-order chi connectivity index (χ0) is 34.9. The Morgan fingerprint density at radius 1 is 0.340 bits per heavy atom. The first-order chi connectivity index (χ1) is 26.3. The second-order valence-electron chi connectivity index (χ2n) is 13.6. The summed E-state index contributed by atoms with van der Waals surface area (Å²) in [5, 5.41) is 6.07. The minimum absolute atomic E-state index is 1.03. The standard InChI is InChI=1S/C49H31N3S/c1-3-11-32(12-4-1)33-19-24-37(25-20-33)51-44-17-9-7-15-39(44)41-30-42-40-16-8-10-18-45(40)52(47(42)31-46(41)51)38-26-21-34(22-27-38)36-23-28-48-43(29-36)50-49(53-48)35-13-5-2-6-14-35/h1-31H. The average Bonchev–Trinajstić information content (AvgIpc) is 3.90. The third-order valence-corrected chi connectivity index (χ3v) is 11.7. The topological polar surface area (TPSA) is 22.8 Å². The van der Waals surface area contributed by atoms with Gasteiger partial charge >= 0.3 is 0 Å². The highest BCUT2D eigenvalue weighted by molar-refractivity contribution is 7.21. The molecule has 248 valence electrons. The van der Waals surface area contributed by atoms with E-state index in [0.717, 1.165) is 27.5 Å². The van der Waals surface area contributed by atoms with Crippen molar-refractivity contribution in [3.8, 4) is 44.2 Å². The molecule has 0 aliphatic rings. The van der Waals surface area contributed by atoms with Gasteiger partial charge in [0.15, 0.2) is 0 Å². The Morgan fingerprint density at radius 3 is 1.40 bits per heavy atom. The van der Waals surface area contributed by atoms with Crippen molar-refractivity contribution < 1.29 is 0 Å². The lowest BCUT2D eigenvalue weighted by molar-refractivity contribution is 1.16. The molecule has 3 heterocycles. The summed E-state index contributed by atoms with van der Waals surface area (Å²) in [5.74, 6) is 0. The zero-order valence-corrected chi connectivity index (χ0v) is 29.5. The molecule has 3 nitrogen and oxygen atoms in total. The second-order valence-corrected chi connectivity index (χ2v) is 14.6. The summed E-state index contributed by atoms with van der Waals surface area (Å²) in [6.45, 7) is 0. The molecule has 0 fully saturated rings. The molecule has 53 heavy (non-hydrogen) atoms. The molecule has 0 radical (unpaired) electrons. The first kappa shape index (κ1) is 29.9. The van der Waals surface area contributed by atoms with Gasteiger partial charge in [-0.3, -0.25) is 0 Å². The van der Waals surface area contributed by atoms with Crippen LogP contribution in [0.1, 0.15) is 0 Å². The number of fused-ring (bicyclic) bond motifs is 7. The van der Waals surface area contributed by atoms with Crippen LogP contribution in [-0.4, -0.2) is 14.1 Å². The maximum absolute atomic E-state index is 5.00. The number of hydrogen-bond donors (Lipinski definition) is 0. The van der Waals surface area contributed by atoms with Crippen LogP contribution >= 0.6 is 11.3 Å². The predicted octanol–water partition coefficient (Wildman–Crippen LogP) is 13.5. The molecule has 11 aromatic rings. The van der Waals surface area contributed by atoms with Crippen LogP contribution in [0.2, 0.25) is 0 Å². The first-order valence-electron chi connectivity index (χ1n) is 18.0. The van der Waals surface area contributed by atoms with Gasteiger partial charge in [0.1, 0.15) is 5.01 Å². The number of hydrogen-bond acceptors (Lipinski definition) is 2. The number of benzene rings is 8. The Morgan fingerprint density at radius 2 is 0.811 bits per heavy atom. The smallest absolute Gasteiger partial charge is 0.124 e. The van der Waals surface area contributed by atoms with Crippen molar-refractivity contribution in [1.82, 2.24) is 14.1 Å². The van der Waals surface area contributed by atoms with Gasteiger partial charge in [-0.25, -0.2) is 4.98 Å². The SMILES string of the molecule is c1ccc(-c2ccc(-n3c4ccccc4c4cc5c6ccccc6n(-c6ccc(-c7ccc8sc(-c9ccccc9)nc8c7)cc6)c5cc43)cc2)cc1. The lowest BCUT2D eigenvalue weighted by atomic mass is 10.0. The van der Waals surface area contributed by atoms with E-state index in [4.69, 9.17) is 4.98 Å². The lowest BCUT2D eigenvalue weighted by Gasteiger charge is -2.11. The highest BCUT2D eigenvalue weighted by atomic mass is 32.1. The van der Waals surface area contributed by atoms with E-state index in [9.17, 15) is 0 Å².